The van der Waals surface area contributed by atoms with Gasteiger partial charge in [0.05, 0.1) is 39.8 Å². The predicted octanol–water partition coefficient (Wildman–Crippen LogP) is 1.82. The van der Waals surface area contributed by atoms with Gasteiger partial charge in [-0.2, -0.15) is 0 Å². The Bertz CT molecular complexity index is 874. The number of methoxy groups -OCH3 is 4. The lowest BCUT2D eigenvalue weighted by atomic mass is 10.1. The molecule has 1 aromatic rings. The topological polar surface area (TPSA) is 120 Å². The summed E-state index contributed by atoms with van der Waals surface area (Å²) in [5, 5.41) is 2.13. The fourth-order valence-corrected chi connectivity index (χ4v) is 3.61. The van der Waals surface area contributed by atoms with Gasteiger partial charge in [0.15, 0.2) is 11.5 Å². The summed E-state index contributed by atoms with van der Waals surface area (Å²) >= 11 is 0.801. The zero-order chi connectivity index (χ0) is 23.0. The summed E-state index contributed by atoms with van der Waals surface area (Å²) in [5.74, 6) is -0.0712. The van der Waals surface area contributed by atoms with Gasteiger partial charge in [0.25, 0.3) is 11.1 Å². The molecule has 0 saturated carbocycles. The Kier molecular flexibility index (Phi) is 8.74. The molecule has 11 heteroatoms. The van der Waals surface area contributed by atoms with Gasteiger partial charge in [-0.3, -0.25) is 24.1 Å². The number of carbonyl (C=O) groups excluding carboxylic acids is 4. The molecule has 1 aliphatic rings. The second kappa shape index (κ2) is 11.3. The van der Waals surface area contributed by atoms with Crippen LogP contribution in [0.15, 0.2) is 17.0 Å². The lowest BCUT2D eigenvalue weighted by Crippen LogP contribution is -2.37. The second-order valence-corrected chi connectivity index (χ2v) is 7.21. The molecule has 1 N–H and O–H groups in total. The lowest BCUT2D eigenvalue weighted by Gasteiger charge is -2.13. The molecule has 0 bridgehead atoms. The van der Waals surface area contributed by atoms with Crippen molar-refractivity contribution in [3.63, 3.8) is 0 Å². The van der Waals surface area contributed by atoms with E-state index in [1.807, 2.05) is 0 Å². The van der Waals surface area contributed by atoms with E-state index < -0.39 is 17.1 Å². The third kappa shape index (κ3) is 6.14. The van der Waals surface area contributed by atoms with Crippen LogP contribution in [0.4, 0.5) is 4.79 Å². The molecule has 168 valence electrons. The zero-order valence-electron chi connectivity index (χ0n) is 17.7. The first kappa shape index (κ1) is 24.1. The number of thioether (sulfide) groups is 1. The van der Waals surface area contributed by atoms with Crippen molar-refractivity contribution < 1.29 is 38.1 Å². The van der Waals surface area contributed by atoms with Gasteiger partial charge in [0, 0.05) is 19.5 Å². The van der Waals surface area contributed by atoms with Crippen molar-refractivity contribution in [2.24, 2.45) is 0 Å². The molecule has 31 heavy (non-hydrogen) atoms. The first-order chi connectivity index (χ1) is 14.8. The Morgan fingerprint density at radius 2 is 1.68 bits per heavy atom. The molecular weight excluding hydrogens is 428 g/mol. The van der Waals surface area contributed by atoms with E-state index in [4.69, 9.17) is 14.2 Å². The van der Waals surface area contributed by atoms with Crippen LogP contribution in [-0.4, -0.2) is 69.5 Å². The molecule has 3 amide bonds. The van der Waals surface area contributed by atoms with E-state index in [0.717, 1.165) is 16.7 Å². The van der Waals surface area contributed by atoms with Crippen molar-refractivity contribution >= 4 is 40.9 Å². The van der Waals surface area contributed by atoms with Crippen LogP contribution < -0.4 is 19.5 Å². The molecule has 10 nitrogen and oxygen atoms in total. The molecule has 2 rings (SSSR count). The highest BCUT2D eigenvalue weighted by molar-refractivity contribution is 8.18. The van der Waals surface area contributed by atoms with Crippen molar-refractivity contribution in [2.45, 2.75) is 12.8 Å². The Morgan fingerprint density at radius 3 is 2.23 bits per heavy atom. The average molecular weight is 452 g/mol. The molecule has 0 atom stereocenters. The van der Waals surface area contributed by atoms with Gasteiger partial charge in [-0.25, -0.2) is 0 Å². The van der Waals surface area contributed by atoms with Gasteiger partial charge in [-0.05, 0) is 35.5 Å². The highest BCUT2D eigenvalue weighted by atomic mass is 32.2. The Hall–Kier alpha value is -3.21. The van der Waals surface area contributed by atoms with Gasteiger partial charge >= 0.3 is 5.97 Å². The number of ether oxygens (including phenoxy) is 4. The molecule has 1 heterocycles. The van der Waals surface area contributed by atoms with E-state index >= 15 is 0 Å². The van der Waals surface area contributed by atoms with Crippen LogP contribution in [-0.2, 0) is 19.1 Å². The van der Waals surface area contributed by atoms with Crippen LogP contribution in [0, 0.1) is 0 Å². The van der Waals surface area contributed by atoms with E-state index in [-0.39, 0.29) is 36.7 Å². The molecule has 0 unspecified atom stereocenters. The van der Waals surface area contributed by atoms with Gasteiger partial charge in [-0.1, -0.05) is 0 Å². The lowest BCUT2D eigenvalue weighted by molar-refractivity contribution is -0.142. The van der Waals surface area contributed by atoms with Crippen molar-refractivity contribution in [3.8, 4) is 17.2 Å². The monoisotopic (exact) mass is 452 g/mol. The van der Waals surface area contributed by atoms with E-state index in [1.54, 1.807) is 18.2 Å². The van der Waals surface area contributed by atoms with Gasteiger partial charge in [-0.15, -0.1) is 0 Å². The molecule has 0 radical (unpaired) electrons. The van der Waals surface area contributed by atoms with Gasteiger partial charge in [0.1, 0.15) is 0 Å². The fourth-order valence-electron chi connectivity index (χ4n) is 2.74. The predicted molar refractivity (Wildman–Crippen MR) is 113 cm³/mol. The minimum Gasteiger partial charge on any atom is -0.493 e. The summed E-state index contributed by atoms with van der Waals surface area (Å²) < 4.78 is 20.3. The van der Waals surface area contributed by atoms with Crippen LogP contribution in [0.25, 0.3) is 6.08 Å². The quantitative estimate of drug-likeness (QED) is 0.418. The van der Waals surface area contributed by atoms with Crippen LogP contribution in [0.5, 0.6) is 17.2 Å². The summed E-state index contributed by atoms with van der Waals surface area (Å²) in [6.45, 7) is 0.0940. The number of carbonyl (C=O) groups is 4. The molecule has 1 saturated heterocycles. The number of nitrogens with zero attached hydrogens (tertiary/aromatic N) is 1. The van der Waals surface area contributed by atoms with Crippen LogP contribution in [0.1, 0.15) is 18.4 Å². The van der Waals surface area contributed by atoms with E-state index in [0.29, 0.717) is 22.8 Å². The summed E-state index contributed by atoms with van der Waals surface area (Å²) in [7, 11) is 5.69. The highest BCUT2D eigenvalue weighted by Gasteiger charge is 2.34. The van der Waals surface area contributed by atoms with Crippen molar-refractivity contribution in [3.05, 3.63) is 22.6 Å². The Balaban J connectivity index is 2.04. The summed E-state index contributed by atoms with van der Waals surface area (Å²) in [6, 6.07) is 3.33. The number of nitrogens with one attached hydrogen (secondary N) is 1. The van der Waals surface area contributed by atoms with Crippen molar-refractivity contribution in [1.82, 2.24) is 10.2 Å². The fraction of sp³-hybridized carbons (Fsp3) is 0.400. The average Bonchev–Trinajstić information content (AvgIpc) is 3.03. The third-order valence-corrected chi connectivity index (χ3v) is 5.21. The van der Waals surface area contributed by atoms with Crippen molar-refractivity contribution in [2.75, 3.05) is 41.5 Å². The highest BCUT2D eigenvalue weighted by Crippen LogP contribution is 2.40. The number of hydrogen-bond acceptors (Lipinski definition) is 9. The van der Waals surface area contributed by atoms with Gasteiger partial charge in [0.2, 0.25) is 11.7 Å². The maximum atomic E-state index is 12.6. The standard InChI is InChI=1S/C20H24N2O8S/c1-27-13-9-12(10-14(28-2)18(13)30-4)11-15-19(25)22(20(26)31-15)8-7-21-16(23)5-6-17(24)29-3/h9-11H,5-8H2,1-4H3,(H,21,23). The van der Waals surface area contributed by atoms with E-state index in [9.17, 15) is 19.2 Å². The summed E-state index contributed by atoms with van der Waals surface area (Å²) in [6.07, 6.45) is 1.49. The number of hydrogen-bond donors (Lipinski definition) is 1. The first-order valence-corrected chi connectivity index (χ1v) is 10.0. The third-order valence-electron chi connectivity index (χ3n) is 4.30. The molecule has 0 aliphatic carbocycles. The Labute approximate surface area is 183 Å². The van der Waals surface area contributed by atoms with Gasteiger partial charge < -0.3 is 24.3 Å². The minimum atomic E-state index is -0.488. The Morgan fingerprint density at radius 1 is 1.03 bits per heavy atom. The molecule has 0 aromatic heterocycles. The minimum absolute atomic E-state index is 0.0151. The normalized spacial score (nSPS) is 14.6. The molecule has 1 fully saturated rings. The maximum Gasteiger partial charge on any atom is 0.306 e. The first-order valence-electron chi connectivity index (χ1n) is 9.23. The maximum absolute atomic E-state index is 12.6. The molecular formula is C20H24N2O8S. The van der Waals surface area contributed by atoms with Crippen LogP contribution in [0.2, 0.25) is 0 Å². The van der Waals surface area contributed by atoms with Crippen LogP contribution in [0.3, 0.4) is 0 Å². The molecule has 1 aromatic carbocycles. The largest absolute Gasteiger partial charge is 0.493 e. The smallest absolute Gasteiger partial charge is 0.306 e. The number of rotatable bonds is 10. The number of imide groups is 1. The molecule has 1 aliphatic heterocycles. The number of benzene rings is 1. The number of esters is 1. The number of amides is 3. The molecule has 0 spiro atoms. The van der Waals surface area contributed by atoms with E-state index in [1.165, 1.54) is 28.4 Å². The SMILES string of the molecule is COC(=O)CCC(=O)NCCN1C(=O)SC(=Cc2cc(OC)c(OC)c(OC)c2)C1=O. The zero-order valence-corrected chi connectivity index (χ0v) is 18.5. The summed E-state index contributed by atoms with van der Waals surface area (Å²) in [5.41, 5.74) is 0.594. The van der Waals surface area contributed by atoms with Crippen LogP contribution >= 0.6 is 11.8 Å². The second-order valence-electron chi connectivity index (χ2n) is 6.22. The van der Waals surface area contributed by atoms with Crippen molar-refractivity contribution in [1.29, 1.82) is 0 Å². The summed E-state index contributed by atoms with van der Waals surface area (Å²) in [4.78, 5) is 48.9. The van der Waals surface area contributed by atoms with E-state index in [2.05, 4.69) is 10.1 Å².